The van der Waals surface area contributed by atoms with Crippen LogP contribution in [0.1, 0.15) is 35.7 Å². The molecule has 0 aliphatic carbocycles. The van der Waals surface area contributed by atoms with Gasteiger partial charge in [0.2, 0.25) is 0 Å². The predicted octanol–water partition coefficient (Wildman–Crippen LogP) is 2.27. The molecule has 0 unspecified atom stereocenters. The number of nitrogens with one attached hydrogen (secondary N) is 1. The van der Waals surface area contributed by atoms with Gasteiger partial charge < -0.3 is 4.90 Å². The molecule has 1 aromatic carbocycles. The van der Waals surface area contributed by atoms with Crippen LogP contribution < -0.4 is 10.6 Å². The summed E-state index contributed by atoms with van der Waals surface area (Å²) in [5.74, 6) is 1.75. The Labute approximate surface area is 156 Å². The number of anilines is 1. The molecule has 27 heavy (non-hydrogen) atoms. The van der Waals surface area contributed by atoms with Gasteiger partial charge >= 0.3 is 5.69 Å². The molecule has 0 spiro atoms. The van der Waals surface area contributed by atoms with E-state index in [0.29, 0.717) is 12.1 Å². The number of nitriles is 1. The summed E-state index contributed by atoms with van der Waals surface area (Å²) >= 11 is 0. The van der Waals surface area contributed by atoms with Crippen LogP contribution in [0.5, 0.6) is 0 Å². The lowest BCUT2D eigenvalue weighted by Gasteiger charge is -2.32. The first-order chi connectivity index (χ1) is 13.3. The minimum Gasteiger partial charge on any atom is -0.355 e. The third-order valence-electron chi connectivity index (χ3n) is 5.04. The van der Waals surface area contributed by atoms with Gasteiger partial charge in [0.05, 0.1) is 12.1 Å². The van der Waals surface area contributed by atoms with Crippen LogP contribution in [0, 0.1) is 11.3 Å². The van der Waals surface area contributed by atoms with E-state index in [1.807, 2.05) is 30.3 Å². The summed E-state index contributed by atoms with van der Waals surface area (Å²) in [7, 11) is 0. The van der Waals surface area contributed by atoms with Crippen LogP contribution in [0.3, 0.4) is 0 Å². The summed E-state index contributed by atoms with van der Waals surface area (Å²) in [5.41, 5.74) is 1.50. The van der Waals surface area contributed by atoms with Crippen molar-refractivity contribution >= 4 is 5.82 Å². The number of H-pyrrole nitrogens is 1. The number of hydrogen-bond donors (Lipinski definition) is 1. The zero-order valence-electron chi connectivity index (χ0n) is 14.9. The van der Waals surface area contributed by atoms with E-state index in [1.165, 1.54) is 0 Å². The largest absolute Gasteiger partial charge is 0.355 e. The molecule has 0 saturated carbocycles. The highest BCUT2D eigenvalue weighted by atomic mass is 16.1. The fraction of sp³-hybridized carbons (Fsp3) is 0.300. The van der Waals surface area contributed by atoms with Crippen molar-refractivity contribution in [2.75, 3.05) is 18.0 Å². The number of rotatable bonds is 4. The maximum Gasteiger partial charge on any atom is 0.343 e. The van der Waals surface area contributed by atoms with E-state index in [2.05, 4.69) is 26.2 Å². The Balaban J connectivity index is 1.51. The van der Waals surface area contributed by atoms with Crippen molar-refractivity contribution < 1.29 is 0 Å². The molecule has 1 N–H and O–H groups in total. The van der Waals surface area contributed by atoms with Crippen molar-refractivity contribution in [3.05, 3.63) is 76.1 Å². The van der Waals surface area contributed by atoms with Crippen molar-refractivity contribution in [2.24, 2.45) is 0 Å². The Bertz CT molecular complexity index is 1010. The van der Waals surface area contributed by atoms with Gasteiger partial charge in [0.15, 0.2) is 0 Å². The molecule has 7 heteroatoms. The molecule has 3 aromatic rings. The van der Waals surface area contributed by atoms with E-state index in [0.717, 1.165) is 43.1 Å². The van der Waals surface area contributed by atoms with Gasteiger partial charge in [-0.3, -0.25) is 4.57 Å². The quantitative estimate of drug-likeness (QED) is 0.771. The smallest absolute Gasteiger partial charge is 0.343 e. The maximum atomic E-state index is 12.2. The monoisotopic (exact) mass is 360 g/mol. The van der Waals surface area contributed by atoms with Gasteiger partial charge in [-0.15, -0.1) is 0 Å². The van der Waals surface area contributed by atoms with Crippen molar-refractivity contribution in [2.45, 2.75) is 25.3 Å². The van der Waals surface area contributed by atoms with E-state index in [-0.39, 0.29) is 11.6 Å². The van der Waals surface area contributed by atoms with Crippen LogP contribution in [0.15, 0.2) is 53.5 Å². The van der Waals surface area contributed by atoms with Crippen molar-refractivity contribution in [1.29, 1.82) is 5.26 Å². The molecule has 1 aliphatic rings. The van der Waals surface area contributed by atoms with Crippen molar-refractivity contribution in [1.82, 2.24) is 19.7 Å². The van der Waals surface area contributed by atoms with E-state index >= 15 is 0 Å². The zero-order chi connectivity index (χ0) is 18.6. The van der Waals surface area contributed by atoms with Crippen LogP contribution >= 0.6 is 0 Å². The van der Waals surface area contributed by atoms with Gasteiger partial charge in [0.1, 0.15) is 17.7 Å². The fourth-order valence-corrected chi connectivity index (χ4v) is 3.65. The molecular formula is C20H20N6O. The number of benzene rings is 1. The second-order valence-electron chi connectivity index (χ2n) is 6.71. The molecule has 0 radical (unpaired) electrons. The third-order valence-corrected chi connectivity index (χ3v) is 5.04. The lowest BCUT2D eigenvalue weighted by Crippen LogP contribution is -2.35. The van der Waals surface area contributed by atoms with Crippen LogP contribution in [-0.4, -0.2) is 32.8 Å². The lowest BCUT2D eigenvalue weighted by atomic mass is 9.95. The van der Waals surface area contributed by atoms with Crippen molar-refractivity contribution in [3.63, 3.8) is 0 Å². The first kappa shape index (κ1) is 17.0. The predicted molar refractivity (Wildman–Crippen MR) is 102 cm³/mol. The molecule has 7 nitrogen and oxygen atoms in total. The molecule has 4 rings (SSSR count). The third kappa shape index (κ3) is 3.47. The fourth-order valence-electron chi connectivity index (χ4n) is 3.65. The molecule has 0 amide bonds. The summed E-state index contributed by atoms with van der Waals surface area (Å²) in [5, 5.41) is 16.2. The van der Waals surface area contributed by atoms with Gasteiger partial charge in [-0.1, -0.05) is 30.3 Å². The van der Waals surface area contributed by atoms with E-state index in [1.54, 1.807) is 22.9 Å². The summed E-state index contributed by atoms with van der Waals surface area (Å²) < 4.78 is 1.73. The number of piperidine rings is 1. The first-order valence-corrected chi connectivity index (χ1v) is 9.05. The Morgan fingerprint density at radius 3 is 2.67 bits per heavy atom. The van der Waals surface area contributed by atoms with Crippen LogP contribution in [0.2, 0.25) is 0 Å². The molecular weight excluding hydrogens is 340 g/mol. The Morgan fingerprint density at radius 2 is 1.93 bits per heavy atom. The Morgan fingerprint density at radius 1 is 1.15 bits per heavy atom. The first-order valence-electron chi connectivity index (χ1n) is 9.05. The summed E-state index contributed by atoms with van der Waals surface area (Å²) in [6.45, 7) is 2.08. The average molecular weight is 360 g/mol. The molecule has 3 heterocycles. The zero-order valence-corrected chi connectivity index (χ0v) is 14.9. The molecule has 0 atom stereocenters. The van der Waals surface area contributed by atoms with Gasteiger partial charge in [-0.05, 0) is 30.5 Å². The second kappa shape index (κ2) is 7.46. The molecule has 0 bridgehead atoms. The average Bonchev–Trinajstić information content (AvgIpc) is 3.09. The van der Waals surface area contributed by atoms with Crippen molar-refractivity contribution in [3.8, 4) is 6.07 Å². The van der Waals surface area contributed by atoms with Gasteiger partial charge in [-0.25, -0.2) is 14.9 Å². The summed E-state index contributed by atoms with van der Waals surface area (Å²) in [4.78, 5) is 18.8. The summed E-state index contributed by atoms with van der Waals surface area (Å²) in [6.07, 6.45) is 3.44. The Hall–Kier alpha value is -3.40. The van der Waals surface area contributed by atoms with Gasteiger partial charge in [0.25, 0.3) is 0 Å². The summed E-state index contributed by atoms with van der Waals surface area (Å²) in [6, 6.07) is 15.7. The van der Waals surface area contributed by atoms with Crippen LogP contribution in [-0.2, 0) is 6.54 Å². The Kier molecular flexibility index (Phi) is 4.71. The number of aromatic amines is 1. The highest BCUT2D eigenvalue weighted by Gasteiger charge is 2.27. The topological polar surface area (TPSA) is 90.6 Å². The van der Waals surface area contributed by atoms with Gasteiger partial charge in [0, 0.05) is 25.2 Å². The van der Waals surface area contributed by atoms with Gasteiger partial charge in [-0.2, -0.15) is 10.4 Å². The molecule has 136 valence electrons. The van der Waals surface area contributed by atoms with E-state index < -0.39 is 0 Å². The minimum absolute atomic E-state index is 0.173. The lowest BCUT2D eigenvalue weighted by molar-refractivity contribution is 0.466. The van der Waals surface area contributed by atoms with Crippen LogP contribution in [0.4, 0.5) is 5.82 Å². The van der Waals surface area contributed by atoms with E-state index in [9.17, 15) is 10.1 Å². The minimum atomic E-state index is -0.173. The standard InChI is InChI=1S/C20H20N6O/c21-13-17-7-4-10-22-18(17)25-11-8-16(9-12-25)19-23-24-20(27)26(19)14-15-5-2-1-3-6-15/h1-7,10,16H,8-9,11-12,14H2,(H,24,27). The molecule has 1 saturated heterocycles. The second-order valence-corrected chi connectivity index (χ2v) is 6.71. The highest BCUT2D eigenvalue weighted by molar-refractivity contribution is 5.53. The maximum absolute atomic E-state index is 12.2. The SMILES string of the molecule is N#Cc1cccnc1N1CCC(c2n[nH]c(=O)n2Cc2ccccc2)CC1. The molecule has 1 aliphatic heterocycles. The normalized spacial score (nSPS) is 14.9. The highest BCUT2D eigenvalue weighted by Crippen LogP contribution is 2.29. The molecule has 1 fully saturated rings. The number of hydrogen-bond acceptors (Lipinski definition) is 5. The number of nitrogens with zero attached hydrogens (tertiary/aromatic N) is 5. The van der Waals surface area contributed by atoms with Crippen LogP contribution in [0.25, 0.3) is 0 Å². The van der Waals surface area contributed by atoms with E-state index in [4.69, 9.17) is 0 Å². The molecule has 2 aromatic heterocycles. The number of aromatic nitrogens is 4. The number of pyridine rings is 1.